The van der Waals surface area contributed by atoms with E-state index in [0.717, 1.165) is 5.92 Å². The number of halogens is 1. The molecule has 100 valence electrons. The van der Waals surface area contributed by atoms with Crippen molar-refractivity contribution in [3.63, 3.8) is 0 Å². The highest BCUT2D eigenvalue weighted by molar-refractivity contribution is 9.10. The van der Waals surface area contributed by atoms with Gasteiger partial charge < -0.3 is 5.32 Å². The van der Waals surface area contributed by atoms with Gasteiger partial charge in [0.25, 0.3) is 0 Å². The van der Waals surface area contributed by atoms with Gasteiger partial charge in [-0.3, -0.25) is 0 Å². The van der Waals surface area contributed by atoms with Gasteiger partial charge in [-0.05, 0) is 43.2 Å². The van der Waals surface area contributed by atoms with Crippen LogP contribution in [0.3, 0.4) is 0 Å². The van der Waals surface area contributed by atoms with E-state index in [4.69, 9.17) is 0 Å². The third kappa shape index (κ3) is 2.64. The van der Waals surface area contributed by atoms with Crippen LogP contribution in [0.25, 0.3) is 10.8 Å². The van der Waals surface area contributed by atoms with Crippen LogP contribution >= 0.6 is 15.9 Å². The molecule has 2 aromatic carbocycles. The first-order valence-corrected chi connectivity index (χ1v) is 7.99. The molecule has 3 rings (SSSR count). The van der Waals surface area contributed by atoms with Crippen molar-refractivity contribution in [3.05, 3.63) is 40.9 Å². The van der Waals surface area contributed by atoms with Gasteiger partial charge in [-0.25, -0.2) is 0 Å². The average molecular weight is 318 g/mol. The van der Waals surface area contributed by atoms with Crippen LogP contribution in [-0.2, 0) is 0 Å². The molecule has 0 bridgehead atoms. The van der Waals surface area contributed by atoms with Gasteiger partial charge in [-0.1, -0.05) is 53.0 Å². The number of hydrogen-bond acceptors (Lipinski definition) is 1. The fourth-order valence-electron chi connectivity index (χ4n) is 3.21. The second-order valence-electron chi connectivity index (χ2n) is 5.62. The third-order valence-corrected chi connectivity index (χ3v) is 5.05. The Balaban J connectivity index is 1.90. The highest BCUT2D eigenvalue weighted by Gasteiger charge is 2.21. The standard InChI is InChI=1S/C17H20BrN/c1-12(13-6-2-3-7-13)19-17-11-10-16(18)14-8-4-5-9-15(14)17/h4-5,8-13,19H,2-3,6-7H2,1H3. The van der Waals surface area contributed by atoms with Gasteiger partial charge in [-0.15, -0.1) is 0 Å². The number of rotatable bonds is 3. The molecule has 0 amide bonds. The molecule has 1 aliphatic carbocycles. The minimum Gasteiger partial charge on any atom is -0.382 e. The highest BCUT2D eigenvalue weighted by Crippen LogP contribution is 2.33. The molecular weight excluding hydrogens is 298 g/mol. The fraction of sp³-hybridized carbons (Fsp3) is 0.412. The quantitative estimate of drug-likeness (QED) is 0.777. The number of anilines is 1. The molecule has 1 aliphatic rings. The first-order chi connectivity index (χ1) is 9.25. The predicted molar refractivity (Wildman–Crippen MR) is 86.7 cm³/mol. The van der Waals surface area contributed by atoms with Crippen molar-refractivity contribution in [2.75, 3.05) is 5.32 Å². The van der Waals surface area contributed by atoms with Gasteiger partial charge >= 0.3 is 0 Å². The molecule has 1 saturated carbocycles. The van der Waals surface area contributed by atoms with Crippen molar-refractivity contribution < 1.29 is 0 Å². The Bertz CT molecular complexity index is 572. The summed E-state index contributed by atoms with van der Waals surface area (Å²) in [4.78, 5) is 0. The van der Waals surface area contributed by atoms with Crippen molar-refractivity contribution in [1.82, 2.24) is 0 Å². The maximum atomic E-state index is 3.73. The van der Waals surface area contributed by atoms with Gasteiger partial charge in [-0.2, -0.15) is 0 Å². The van der Waals surface area contributed by atoms with E-state index in [1.54, 1.807) is 0 Å². The van der Waals surface area contributed by atoms with E-state index in [0.29, 0.717) is 6.04 Å². The molecule has 1 fully saturated rings. The van der Waals surface area contributed by atoms with E-state index >= 15 is 0 Å². The molecule has 0 aliphatic heterocycles. The normalized spacial score (nSPS) is 17.8. The monoisotopic (exact) mass is 317 g/mol. The zero-order valence-corrected chi connectivity index (χ0v) is 12.9. The van der Waals surface area contributed by atoms with Crippen LogP contribution in [0.1, 0.15) is 32.6 Å². The van der Waals surface area contributed by atoms with Crippen LogP contribution in [0.5, 0.6) is 0 Å². The summed E-state index contributed by atoms with van der Waals surface area (Å²) in [5.41, 5.74) is 1.26. The van der Waals surface area contributed by atoms with Crippen molar-refractivity contribution >= 4 is 32.4 Å². The lowest BCUT2D eigenvalue weighted by Crippen LogP contribution is -2.23. The molecule has 2 heteroatoms. The summed E-state index contributed by atoms with van der Waals surface area (Å²) in [6.45, 7) is 2.33. The summed E-state index contributed by atoms with van der Waals surface area (Å²) in [6.07, 6.45) is 5.56. The van der Waals surface area contributed by atoms with Crippen molar-refractivity contribution in [2.24, 2.45) is 5.92 Å². The van der Waals surface area contributed by atoms with Crippen LogP contribution in [-0.4, -0.2) is 6.04 Å². The van der Waals surface area contributed by atoms with Gasteiger partial charge in [0.2, 0.25) is 0 Å². The summed E-state index contributed by atoms with van der Waals surface area (Å²) in [6, 6.07) is 13.5. The third-order valence-electron chi connectivity index (χ3n) is 4.36. The zero-order chi connectivity index (χ0) is 13.2. The molecule has 0 saturated heterocycles. The lowest BCUT2D eigenvalue weighted by Gasteiger charge is -2.22. The highest BCUT2D eigenvalue weighted by atomic mass is 79.9. The van der Waals surface area contributed by atoms with Crippen LogP contribution in [0.2, 0.25) is 0 Å². The van der Waals surface area contributed by atoms with E-state index in [2.05, 4.69) is 64.6 Å². The van der Waals surface area contributed by atoms with Crippen LogP contribution in [0.15, 0.2) is 40.9 Å². The summed E-state index contributed by atoms with van der Waals surface area (Å²) < 4.78 is 1.17. The number of benzene rings is 2. The fourth-order valence-corrected chi connectivity index (χ4v) is 3.69. The summed E-state index contributed by atoms with van der Waals surface area (Å²) in [5, 5.41) is 6.32. The molecular formula is C17H20BrN. The smallest absolute Gasteiger partial charge is 0.0422 e. The minimum atomic E-state index is 0.562. The Morgan fingerprint density at radius 2 is 1.74 bits per heavy atom. The Morgan fingerprint density at radius 3 is 2.47 bits per heavy atom. The van der Waals surface area contributed by atoms with E-state index in [-0.39, 0.29) is 0 Å². The molecule has 0 aromatic heterocycles. The van der Waals surface area contributed by atoms with E-state index in [1.807, 2.05) is 0 Å². The van der Waals surface area contributed by atoms with Crippen LogP contribution in [0, 0.1) is 5.92 Å². The second kappa shape index (κ2) is 5.54. The van der Waals surface area contributed by atoms with E-state index < -0.39 is 0 Å². The number of nitrogens with one attached hydrogen (secondary N) is 1. The van der Waals surface area contributed by atoms with Crippen LogP contribution in [0.4, 0.5) is 5.69 Å². The predicted octanol–water partition coefficient (Wildman–Crippen LogP) is 5.59. The molecule has 0 spiro atoms. The first-order valence-electron chi connectivity index (χ1n) is 7.19. The molecule has 1 nitrogen and oxygen atoms in total. The molecule has 0 radical (unpaired) electrons. The molecule has 1 N–H and O–H groups in total. The molecule has 1 unspecified atom stereocenters. The topological polar surface area (TPSA) is 12.0 Å². The molecule has 19 heavy (non-hydrogen) atoms. The van der Waals surface area contributed by atoms with Gasteiger partial charge in [0.05, 0.1) is 0 Å². The Hall–Kier alpha value is -1.02. The molecule has 2 aromatic rings. The van der Waals surface area contributed by atoms with E-state index in [1.165, 1.54) is 46.6 Å². The lowest BCUT2D eigenvalue weighted by molar-refractivity contribution is 0.482. The summed E-state index contributed by atoms with van der Waals surface area (Å²) in [5.74, 6) is 0.836. The Labute approximate surface area is 123 Å². The molecule has 0 heterocycles. The van der Waals surface area contributed by atoms with Gasteiger partial charge in [0.1, 0.15) is 0 Å². The zero-order valence-electron chi connectivity index (χ0n) is 11.3. The number of fused-ring (bicyclic) bond motifs is 1. The maximum absolute atomic E-state index is 3.73. The Morgan fingerprint density at radius 1 is 1.05 bits per heavy atom. The molecule has 1 atom stereocenters. The second-order valence-corrected chi connectivity index (χ2v) is 6.47. The first kappa shape index (κ1) is 13.0. The largest absolute Gasteiger partial charge is 0.382 e. The summed E-state index contributed by atoms with van der Waals surface area (Å²) >= 11 is 3.64. The van der Waals surface area contributed by atoms with E-state index in [9.17, 15) is 0 Å². The Kier molecular flexibility index (Phi) is 3.79. The van der Waals surface area contributed by atoms with Gasteiger partial charge in [0, 0.05) is 21.6 Å². The summed E-state index contributed by atoms with van der Waals surface area (Å²) in [7, 11) is 0. The minimum absolute atomic E-state index is 0.562. The average Bonchev–Trinajstić information content (AvgIpc) is 2.96. The SMILES string of the molecule is CC(Nc1ccc(Br)c2ccccc12)C1CCCC1. The lowest BCUT2D eigenvalue weighted by atomic mass is 9.99. The maximum Gasteiger partial charge on any atom is 0.0422 e. The van der Waals surface area contributed by atoms with Gasteiger partial charge in [0.15, 0.2) is 0 Å². The van der Waals surface area contributed by atoms with Crippen molar-refractivity contribution in [2.45, 2.75) is 38.6 Å². The number of hydrogen-bond donors (Lipinski definition) is 1. The van der Waals surface area contributed by atoms with Crippen molar-refractivity contribution in [3.8, 4) is 0 Å². The van der Waals surface area contributed by atoms with Crippen molar-refractivity contribution in [1.29, 1.82) is 0 Å². The van der Waals surface area contributed by atoms with Crippen LogP contribution < -0.4 is 5.32 Å².